The molecule has 2 aromatic rings. The summed E-state index contributed by atoms with van der Waals surface area (Å²) in [6.07, 6.45) is 6.09. The van der Waals surface area contributed by atoms with Gasteiger partial charge in [0.2, 0.25) is 0 Å². The molecule has 0 aromatic carbocycles. The van der Waals surface area contributed by atoms with Gasteiger partial charge in [-0.15, -0.1) is 0 Å². The molecule has 0 saturated carbocycles. The van der Waals surface area contributed by atoms with Crippen molar-refractivity contribution >= 4 is 11.7 Å². The average Bonchev–Trinajstić information content (AvgIpc) is 2.57. The minimum Gasteiger partial charge on any atom is -0.370 e. The first-order chi connectivity index (χ1) is 11.1. The quantitative estimate of drug-likeness (QED) is 0.727. The molecule has 23 heavy (non-hydrogen) atoms. The highest BCUT2D eigenvalue weighted by Gasteiger charge is 2.06. The lowest BCUT2D eigenvalue weighted by Gasteiger charge is -2.11. The predicted octanol–water partition coefficient (Wildman–Crippen LogP) is 1.77. The number of hydrogen-bond donors (Lipinski definition) is 2. The minimum absolute atomic E-state index is 0.111. The first kappa shape index (κ1) is 16.9. The smallest absolute Gasteiger partial charge is 0.251 e. The van der Waals surface area contributed by atoms with E-state index in [1.54, 1.807) is 30.7 Å². The summed E-state index contributed by atoms with van der Waals surface area (Å²) in [5.41, 5.74) is 1.62. The van der Waals surface area contributed by atoms with Crippen LogP contribution in [0.2, 0.25) is 0 Å². The molecule has 0 aliphatic carbocycles. The topological polar surface area (TPSA) is 70.2 Å². The van der Waals surface area contributed by atoms with Gasteiger partial charge in [0.25, 0.3) is 5.91 Å². The van der Waals surface area contributed by atoms with Gasteiger partial charge < -0.3 is 15.5 Å². The lowest BCUT2D eigenvalue weighted by molar-refractivity contribution is 0.0951. The standard InChI is InChI=1S/C17H23N5O/c1-22(2)11-3-7-19-16-12-15(6-10-20-16)17(23)21-13-14-4-8-18-9-5-14/h4-6,8-10,12H,3,7,11,13H2,1-2H3,(H,19,20)(H,21,23). The van der Waals surface area contributed by atoms with Gasteiger partial charge in [-0.25, -0.2) is 4.98 Å². The van der Waals surface area contributed by atoms with Gasteiger partial charge in [-0.2, -0.15) is 0 Å². The molecule has 0 bridgehead atoms. The maximum atomic E-state index is 12.2. The van der Waals surface area contributed by atoms with Crippen LogP contribution in [0.1, 0.15) is 22.3 Å². The van der Waals surface area contributed by atoms with E-state index >= 15 is 0 Å². The van der Waals surface area contributed by atoms with Crippen LogP contribution < -0.4 is 10.6 Å². The van der Waals surface area contributed by atoms with Gasteiger partial charge in [0.1, 0.15) is 5.82 Å². The fraction of sp³-hybridized carbons (Fsp3) is 0.353. The van der Waals surface area contributed by atoms with Crippen molar-refractivity contribution in [3.8, 4) is 0 Å². The monoisotopic (exact) mass is 313 g/mol. The van der Waals surface area contributed by atoms with Crippen molar-refractivity contribution in [2.24, 2.45) is 0 Å². The average molecular weight is 313 g/mol. The Bertz CT molecular complexity index is 615. The van der Waals surface area contributed by atoms with Crippen LogP contribution in [-0.2, 0) is 6.54 Å². The molecule has 122 valence electrons. The molecule has 2 aromatic heterocycles. The van der Waals surface area contributed by atoms with Crippen LogP contribution >= 0.6 is 0 Å². The molecular formula is C17H23N5O. The van der Waals surface area contributed by atoms with Crippen LogP contribution in [-0.4, -0.2) is 48.0 Å². The molecular weight excluding hydrogens is 290 g/mol. The highest BCUT2D eigenvalue weighted by atomic mass is 16.1. The minimum atomic E-state index is -0.111. The molecule has 1 amide bonds. The van der Waals surface area contributed by atoms with Crippen LogP contribution in [0.5, 0.6) is 0 Å². The van der Waals surface area contributed by atoms with E-state index in [0.717, 1.165) is 30.9 Å². The summed E-state index contributed by atoms with van der Waals surface area (Å²) in [5, 5.41) is 6.14. The molecule has 0 fully saturated rings. The highest BCUT2D eigenvalue weighted by Crippen LogP contribution is 2.07. The normalized spacial score (nSPS) is 10.6. The summed E-state index contributed by atoms with van der Waals surface area (Å²) >= 11 is 0. The molecule has 6 heteroatoms. The third-order valence-electron chi connectivity index (χ3n) is 3.31. The number of nitrogens with zero attached hydrogens (tertiary/aromatic N) is 3. The fourth-order valence-electron chi connectivity index (χ4n) is 2.07. The van der Waals surface area contributed by atoms with Crippen LogP contribution in [0.25, 0.3) is 0 Å². The Morgan fingerprint density at radius 2 is 1.96 bits per heavy atom. The number of anilines is 1. The summed E-state index contributed by atoms with van der Waals surface area (Å²) in [6, 6.07) is 7.25. The van der Waals surface area contributed by atoms with Crippen molar-refractivity contribution in [3.63, 3.8) is 0 Å². The van der Waals surface area contributed by atoms with Gasteiger partial charge in [0, 0.05) is 37.2 Å². The van der Waals surface area contributed by atoms with Crippen LogP contribution in [0.4, 0.5) is 5.82 Å². The van der Waals surface area contributed by atoms with Gasteiger partial charge in [0.05, 0.1) is 0 Å². The Balaban J connectivity index is 1.84. The second kappa shape index (κ2) is 8.85. The predicted molar refractivity (Wildman–Crippen MR) is 91.3 cm³/mol. The Morgan fingerprint density at radius 3 is 2.70 bits per heavy atom. The van der Waals surface area contributed by atoms with E-state index in [2.05, 4.69) is 25.5 Å². The highest BCUT2D eigenvalue weighted by molar-refractivity contribution is 5.94. The zero-order valence-corrected chi connectivity index (χ0v) is 13.6. The maximum absolute atomic E-state index is 12.2. The lowest BCUT2D eigenvalue weighted by atomic mass is 10.2. The van der Waals surface area contributed by atoms with Gasteiger partial charge >= 0.3 is 0 Å². The molecule has 0 unspecified atom stereocenters. The molecule has 0 saturated heterocycles. The Hall–Kier alpha value is -2.47. The lowest BCUT2D eigenvalue weighted by Crippen LogP contribution is -2.23. The summed E-state index contributed by atoms with van der Waals surface area (Å²) in [6.45, 7) is 2.32. The van der Waals surface area contributed by atoms with E-state index in [9.17, 15) is 4.79 Å². The SMILES string of the molecule is CN(C)CCCNc1cc(C(=O)NCc2ccncc2)ccn1. The zero-order valence-electron chi connectivity index (χ0n) is 13.6. The Kier molecular flexibility index (Phi) is 6.50. The Labute approximate surface area is 137 Å². The first-order valence-electron chi connectivity index (χ1n) is 7.67. The second-order valence-corrected chi connectivity index (χ2v) is 5.55. The van der Waals surface area contributed by atoms with Crippen molar-refractivity contribution < 1.29 is 4.79 Å². The van der Waals surface area contributed by atoms with Crippen LogP contribution in [0.3, 0.4) is 0 Å². The Morgan fingerprint density at radius 1 is 1.17 bits per heavy atom. The number of hydrogen-bond acceptors (Lipinski definition) is 5. The summed E-state index contributed by atoms with van der Waals surface area (Å²) in [4.78, 5) is 22.5. The van der Waals surface area contributed by atoms with E-state index in [1.165, 1.54) is 0 Å². The second-order valence-electron chi connectivity index (χ2n) is 5.55. The van der Waals surface area contributed by atoms with E-state index in [-0.39, 0.29) is 5.91 Å². The van der Waals surface area contributed by atoms with Gasteiger partial charge in [-0.1, -0.05) is 0 Å². The number of carbonyl (C=O) groups is 1. The van der Waals surface area contributed by atoms with E-state index in [1.807, 2.05) is 26.2 Å². The largest absolute Gasteiger partial charge is 0.370 e. The number of amides is 1. The number of nitrogens with one attached hydrogen (secondary N) is 2. The number of rotatable bonds is 8. The van der Waals surface area contributed by atoms with E-state index in [4.69, 9.17) is 0 Å². The summed E-state index contributed by atoms with van der Waals surface area (Å²) in [5.74, 6) is 0.612. The molecule has 0 aliphatic heterocycles. The van der Waals surface area contributed by atoms with Gasteiger partial charge in [0.15, 0.2) is 0 Å². The van der Waals surface area contributed by atoms with E-state index < -0.39 is 0 Å². The molecule has 0 radical (unpaired) electrons. The maximum Gasteiger partial charge on any atom is 0.251 e. The van der Waals surface area contributed by atoms with Gasteiger partial charge in [-0.3, -0.25) is 9.78 Å². The van der Waals surface area contributed by atoms with Crippen LogP contribution in [0.15, 0.2) is 42.9 Å². The molecule has 6 nitrogen and oxygen atoms in total. The van der Waals surface area contributed by atoms with E-state index in [0.29, 0.717) is 12.1 Å². The third-order valence-corrected chi connectivity index (χ3v) is 3.31. The van der Waals surface area contributed by atoms with Crippen molar-refractivity contribution in [1.29, 1.82) is 0 Å². The third kappa shape index (κ3) is 6.04. The summed E-state index contributed by atoms with van der Waals surface area (Å²) in [7, 11) is 4.10. The van der Waals surface area contributed by atoms with Crippen molar-refractivity contribution in [3.05, 3.63) is 54.0 Å². The molecule has 0 spiro atoms. The van der Waals surface area contributed by atoms with Crippen LogP contribution in [0, 0.1) is 0 Å². The molecule has 2 rings (SSSR count). The van der Waals surface area contributed by atoms with Crippen molar-refractivity contribution in [1.82, 2.24) is 20.2 Å². The number of aromatic nitrogens is 2. The fourth-order valence-corrected chi connectivity index (χ4v) is 2.07. The molecule has 2 heterocycles. The molecule has 0 atom stereocenters. The molecule has 2 N–H and O–H groups in total. The first-order valence-corrected chi connectivity index (χ1v) is 7.67. The molecule has 0 aliphatic rings. The van der Waals surface area contributed by atoms with Gasteiger partial charge in [-0.05, 0) is 56.9 Å². The summed E-state index contributed by atoms with van der Waals surface area (Å²) < 4.78 is 0. The number of carbonyl (C=O) groups excluding carboxylic acids is 1. The number of pyridine rings is 2. The van der Waals surface area contributed by atoms with Crippen molar-refractivity contribution in [2.75, 3.05) is 32.5 Å². The van der Waals surface area contributed by atoms with Crippen molar-refractivity contribution in [2.45, 2.75) is 13.0 Å². The zero-order chi connectivity index (χ0) is 16.5.